The minimum absolute atomic E-state index is 0.0357. The van der Waals surface area contributed by atoms with E-state index in [9.17, 15) is 9.59 Å². The van der Waals surface area contributed by atoms with E-state index in [1.54, 1.807) is 16.9 Å². The molecule has 1 fully saturated rings. The molecule has 0 saturated carbocycles. The minimum Gasteiger partial charge on any atom is -0.491 e. The van der Waals surface area contributed by atoms with Crippen LogP contribution in [0.3, 0.4) is 0 Å². The van der Waals surface area contributed by atoms with Crippen molar-refractivity contribution in [1.29, 1.82) is 0 Å². The number of carbonyl (C=O) groups is 2. The molecule has 1 aromatic carbocycles. The van der Waals surface area contributed by atoms with Gasteiger partial charge in [0.25, 0.3) is 5.91 Å². The van der Waals surface area contributed by atoms with E-state index >= 15 is 0 Å². The number of hydrogen-bond donors (Lipinski definition) is 1. The number of nitrogens with zero attached hydrogens (tertiary/aromatic N) is 3. The third-order valence-corrected chi connectivity index (χ3v) is 6.69. The molecule has 0 bridgehead atoms. The van der Waals surface area contributed by atoms with Gasteiger partial charge in [0.15, 0.2) is 0 Å². The minimum atomic E-state index is -0.546. The van der Waals surface area contributed by atoms with E-state index < -0.39 is 5.41 Å². The normalized spacial score (nSPS) is 22.5. The van der Waals surface area contributed by atoms with Gasteiger partial charge in [-0.1, -0.05) is 24.6 Å². The first kappa shape index (κ1) is 22.4. The molecule has 1 aromatic heterocycles. The largest absolute Gasteiger partial charge is 0.491 e. The van der Waals surface area contributed by atoms with Crippen molar-refractivity contribution in [3.8, 4) is 5.75 Å². The first-order valence-electron chi connectivity index (χ1n) is 11.8. The lowest BCUT2D eigenvalue weighted by atomic mass is 9.74. The molecule has 2 aliphatic rings. The number of aromatic nitrogens is 2. The van der Waals surface area contributed by atoms with E-state index in [4.69, 9.17) is 4.74 Å². The van der Waals surface area contributed by atoms with Crippen LogP contribution < -0.4 is 10.1 Å². The molecule has 3 heterocycles. The molecule has 0 radical (unpaired) electrons. The van der Waals surface area contributed by atoms with Crippen molar-refractivity contribution in [3.05, 3.63) is 47.8 Å². The second kappa shape index (κ2) is 9.76. The van der Waals surface area contributed by atoms with Gasteiger partial charge in [-0.15, -0.1) is 0 Å². The Balaban J connectivity index is 1.51. The van der Waals surface area contributed by atoms with Gasteiger partial charge in [0.05, 0.1) is 12.0 Å². The highest BCUT2D eigenvalue weighted by atomic mass is 16.5. The number of aryl methyl sites for hydroxylation is 1. The topological polar surface area (TPSA) is 76.5 Å². The fourth-order valence-electron chi connectivity index (χ4n) is 5.01. The summed E-state index contributed by atoms with van der Waals surface area (Å²) in [5, 5.41) is 7.41. The van der Waals surface area contributed by atoms with E-state index in [1.807, 2.05) is 36.9 Å². The van der Waals surface area contributed by atoms with Crippen molar-refractivity contribution in [2.45, 2.75) is 58.4 Å². The summed E-state index contributed by atoms with van der Waals surface area (Å²) in [5.41, 5.74) is 1.27. The Bertz CT molecular complexity index is 954. The molecule has 7 nitrogen and oxygen atoms in total. The van der Waals surface area contributed by atoms with Gasteiger partial charge in [-0.25, -0.2) is 0 Å². The number of benzene rings is 1. The van der Waals surface area contributed by atoms with Gasteiger partial charge in [0.2, 0.25) is 5.91 Å². The number of nitrogens with one attached hydrogen (secondary N) is 1. The van der Waals surface area contributed by atoms with Crippen LogP contribution >= 0.6 is 0 Å². The van der Waals surface area contributed by atoms with Gasteiger partial charge in [-0.05, 0) is 63.6 Å². The number of rotatable bonds is 2. The van der Waals surface area contributed by atoms with Crippen molar-refractivity contribution in [2.24, 2.45) is 5.41 Å². The van der Waals surface area contributed by atoms with Crippen LogP contribution in [0.15, 0.2) is 36.5 Å². The SMILES string of the molecule is CC(C)n1nccc1C(=O)N1CCCC2(CCCCc3ccccc3OCCNC2=O)C1. The molecule has 1 unspecified atom stereocenters. The van der Waals surface area contributed by atoms with Crippen LogP contribution in [0.2, 0.25) is 0 Å². The molecule has 2 aliphatic heterocycles. The fourth-order valence-corrected chi connectivity index (χ4v) is 5.01. The second-order valence-corrected chi connectivity index (χ2v) is 9.28. The molecule has 0 aliphatic carbocycles. The van der Waals surface area contributed by atoms with Gasteiger partial charge in [0, 0.05) is 25.3 Å². The highest BCUT2D eigenvalue weighted by Crippen LogP contribution is 2.37. The predicted molar refractivity (Wildman–Crippen MR) is 123 cm³/mol. The lowest BCUT2D eigenvalue weighted by Gasteiger charge is -2.42. The zero-order valence-corrected chi connectivity index (χ0v) is 19.2. The van der Waals surface area contributed by atoms with Crippen molar-refractivity contribution >= 4 is 11.8 Å². The summed E-state index contributed by atoms with van der Waals surface area (Å²) in [6.07, 6.45) is 6.96. The van der Waals surface area contributed by atoms with Crippen LogP contribution in [0, 0.1) is 5.41 Å². The number of fused-ring (bicyclic) bond motifs is 1. The number of carbonyl (C=O) groups excluding carboxylic acids is 2. The number of amides is 2. The third-order valence-electron chi connectivity index (χ3n) is 6.69. The molecule has 2 aromatic rings. The lowest BCUT2D eigenvalue weighted by Crippen LogP contribution is -2.54. The third kappa shape index (κ3) is 4.66. The highest BCUT2D eigenvalue weighted by Gasteiger charge is 2.43. The quantitative estimate of drug-likeness (QED) is 0.777. The monoisotopic (exact) mass is 438 g/mol. The fraction of sp³-hybridized carbons (Fsp3) is 0.560. The van der Waals surface area contributed by atoms with Crippen molar-refractivity contribution < 1.29 is 14.3 Å². The van der Waals surface area contributed by atoms with Crippen LogP contribution in [0.1, 0.15) is 68.0 Å². The van der Waals surface area contributed by atoms with E-state index in [2.05, 4.69) is 16.5 Å². The average molecular weight is 439 g/mol. The maximum Gasteiger partial charge on any atom is 0.272 e. The smallest absolute Gasteiger partial charge is 0.272 e. The van der Waals surface area contributed by atoms with Crippen LogP contribution in [-0.2, 0) is 11.2 Å². The highest BCUT2D eigenvalue weighted by molar-refractivity contribution is 5.93. The molecule has 7 heteroatoms. The second-order valence-electron chi connectivity index (χ2n) is 9.28. The Hall–Kier alpha value is -2.83. The average Bonchev–Trinajstić information content (AvgIpc) is 3.29. The zero-order chi connectivity index (χ0) is 22.6. The molecule has 172 valence electrons. The molecule has 2 amide bonds. The number of ether oxygens (including phenoxy) is 1. The Morgan fingerprint density at radius 1 is 1.16 bits per heavy atom. The Labute approximate surface area is 190 Å². The van der Waals surface area contributed by atoms with Crippen LogP contribution in [0.25, 0.3) is 0 Å². The van der Waals surface area contributed by atoms with E-state index in [0.29, 0.717) is 31.9 Å². The summed E-state index contributed by atoms with van der Waals surface area (Å²) in [7, 11) is 0. The predicted octanol–water partition coefficient (Wildman–Crippen LogP) is 3.61. The number of likely N-dealkylation sites (tertiary alicyclic amines) is 1. The summed E-state index contributed by atoms with van der Waals surface area (Å²) in [5.74, 6) is 0.921. The zero-order valence-electron chi connectivity index (χ0n) is 19.2. The molecule has 32 heavy (non-hydrogen) atoms. The maximum atomic E-state index is 13.4. The van der Waals surface area contributed by atoms with Crippen LogP contribution in [0.5, 0.6) is 5.75 Å². The van der Waals surface area contributed by atoms with Crippen molar-refractivity contribution in [3.63, 3.8) is 0 Å². The summed E-state index contributed by atoms with van der Waals surface area (Å²) >= 11 is 0. The molecular formula is C25H34N4O3. The molecule has 1 saturated heterocycles. The van der Waals surface area contributed by atoms with E-state index in [-0.39, 0.29) is 17.9 Å². The summed E-state index contributed by atoms with van der Waals surface area (Å²) in [4.78, 5) is 28.6. The Kier molecular flexibility index (Phi) is 6.82. The molecule has 1 spiro atoms. The van der Waals surface area contributed by atoms with E-state index in [0.717, 1.165) is 44.3 Å². The first-order valence-corrected chi connectivity index (χ1v) is 11.8. The number of piperidine rings is 1. The maximum absolute atomic E-state index is 13.4. The van der Waals surface area contributed by atoms with Crippen LogP contribution in [0.4, 0.5) is 0 Å². The number of hydrogen-bond acceptors (Lipinski definition) is 4. The molecule has 4 rings (SSSR count). The summed E-state index contributed by atoms with van der Waals surface area (Å²) in [6.45, 7) is 6.06. The molecule has 1 atom stereocenters. The first-order chi connectivity index (χ1) is 15.5. The standard InChI is InChI=1S/C25H34N4O3/c1-19(2)29-21(11-14-27-29)23(30)28-16-7-13-25(18-28)12-6-5-9-20-8-3-4-10-22(20)32-17-15-26-24(25)31/h3-4,8,10-11,14,19H,5-7,9,12-13,15-18H2,1-2H3,(H,26,31). The summed E-state index contributed by atoms with van der Waals surface area (Å²) in [6, 6.07) is 10.0. The summed E-state index contributed by atoms with van der Waals surface area (Å²) < 4.78 is 7.70. The molecule has 1 N–H and O–H groups in total. The number of para-hydroxylation sites is 1. The Morgan fingerprint density at radius 3 is 2.81 bits per heavy atom. The van der Waals surface area contributed by atoms with Gasteiger partial charge in [0.1, 0.15) is 18.1 Å². The Morgan fingerprint density at radius 2 is 1.97 bits per heavy atom. The lowest BCUT2D eigenvalue weighted by molar-refractivity contribution is -0.134. The van der Waals surface area contributed by atoms with Crippen LogP contribution in [-0.4, -0.2) is 52.7 Å². The van der Waals surface area contributed by atoms with E-state index in [1.165, 1.54) is 5.56 Å². The van der Waals surface area contributed by atoms with Gasteiger partial charge in [-0.3, -0.25) is 14.3 Å². The van der Waals surface area contributed by atoms with Gasteiger partial charge < -0.3 is 15.0 Å². The van der Waals surface area contributed by atoms with Crippen molar-refractivity contribution in [2.75, 3.05) is 26.2 Å². The van der Waals surface area contributed by atoms with Gasteiger partial charge >= 0.3 is 0 Å². The molecular weight excluding hydrogens is 404 g/mol. The van der Waals surface area contributed by atoms with Crippen molar-refractivity contribution in [1.82, 2.24) is 20.0 Å². The van der Waals surface area contributed by atoms with Gasteiger partial charge in [-0.2, -0.15) is 5.10 Å².